The second-order valence-electron chi connectivity index (χ2n) is 5.69. The van der Waals surface area contributed by atoms with E-state index in [0.29, 0.717) is 0 Å². The minimum atomic E-state index is -0.817. The first-order valence-electron chi connectivity index (χ1n) is 6.98. The maximum Gasteiger partial charge on any atom is 0.338 e. The Balaban J connectivity index is 2.14. The van der Waals surface area contributed by atoms with Crippen LogP contribution in [0.25, 0.3) is 0 Å². The highest BCUT2D eigenvalue weighted by molar-refractivity contribution is 6.00. The lowest BCUT2D eigenvalue weighted by Crippen LogP contribution is -2.32. The molecule has 116 valence electrons. The van der Waals surface area contributed by atoms with Crippen molar-refractivity contribution in [3.63, 3.8) is 0 Å². The molecule has 2 rings (SSSR count). The number of nitro benzene ring substituents is 1. The first-order chi connectivity index (χ1) is 10.3. The highest BCUT2D eigenvalue weighted by Crippen LogP contribution is 2.32. The van der Waals surface area contributed by atoms with Gasteiger partial charge in [-0.25, -0.2) is 4.79 Å². The highest BCUT2D eigenvalue weighted by atomic mass is 16.6. The van der Waals surface area contributed by atoms with Gasteiger partial charge in [0.1, 0.15) is 0 Å². The van der Waals surface area contributed by atoms with Crippen LogP contribution in [0, 0.1) is 22.0 Å². The topological polar surface area (TPSA) is 86.5 Å². The summed E-state index contributed by atoms with van der Waals surface area (Å²) in [5.74, 6) is -0.833. The summed E-state index contributed by atoms with van der Waals surface area (Å²) in [5, 5.41) is 10.6. The Morgan fingerprint density at radius 2 is 1.86 bits per heavy atom. The molecule has 0 N–H and O–H groups in total. The normalized spacial score (nSPS) is 20.9. The summed E-state index contributed by atoms with van der Waals surface area (Å²) in [6, 6.07) is 5.11. The van der Waals surface area contributed by atoms with Crippen LogP contribution in [0.1, 0.15) is 31.1 Å². The molecule has 0 radical (unpaired) electrons. The van der Waals surface area contributed by atoms with E-state index in [2.05, 4.69) is 0 Å². The zero-order valence-electron chi connectivity index (χ0n) is 12.6. The first kappa shape index (κ1) is 15.9. The number of ketones is 1. The molecule has 6 heteroatoms. The van der Waals surface area contributed by atoms with Crippen molar-refractivity contribution in [3.8, 4) is 0 Å². The van der Waals surface area contributed by atoms with Crippen molar-refractivity contribution in [3.05, 3.63) is 51.6 Å². The molecular weight excluding hydrogens is 286 g/mol. The average Bonchev–Trinajstić information content (AvgIpc) is 2.73. The van der Waals surface area contributed by atoms with Crippen molar-refractivity contribution in [2.24, 2.45) is 11.8 Å². The number of carbonyl (C=O) groups is 2. The average molecular weight is 303 g/mol. The van der Waals surface area contributed by atoms with Crippen molar-refractivity contribution in [1.82, 2.24) is 0 Å². The highest BCUT2D eigenvalue weighted by Gasteiger charge is 2.39. The van der Waals surface area contributed by atoms with Gasteiger partial charge in [0.25, 0.3) is 5.69 Å². The van der Waals surface area contributed by atoms with Crippen molar-refractivity contribution in [2.75, 3.05) is 0 Å². The zero-order valence-corrected chi connectivity index (χ0v) is 12.6. The Kier molecular flexibility index (Phi) is 4.40. The molecular formula is C16H17NO5. The molecule has 1 aliphatic rings. The molecule has 0 saturated carbocycles. The molecule has 0 amide bonds. The standard InChI is InChI=1S/C16H17NO5/c1-9(2)14-10(3)8-13(18)15(14)22-16(19)11-4-6-12(7-5-11)17(20)21/h4-9,14-15H,1-3H3/t14-,15-/m0/s1. The fourth-order valence-electron chi connectivity index (χ4n) is 2.73. The summed E-state index contributed by atoms with van der Waals surface area (Å²) in [4.78, 5) is 34.2. The Labute approximate surface area is 127 Å². The molecule has 0 aromatic heterocycles. The smallest absolute Gasteiger partial charge is 0.338 e. The van der Waals surface area contributed by atoms with Gasteiger partial charge in [-0.05, 0) is 31.1 Å². The van der Waals surface area contributed by atoms with E-state index < -0.39 is 17.0 Å². The van der Waals surface area contributed by atoms with Gasteiger partial charge in [0.05, 0.1) is 10.5 Å². The summed E-state index contributed by atoms with van der Waals surface area (Å²) in [7, 11) is 0. The van der Waals surface area contributed by atoms with Crippen molar-refractivity contribution in [1.29, 1.82) is 0 Å². The van der Waals surface area contributed by atoms with E-state index in [0.717, 1.165) is 5.57 Å². The van der Waals surface area contributed by atoms with Crippen LogP contribution < -0.4 is 0 Å². The van der Waals surface area contributed by atoms with Crippen molar-refractivity contribution < 1.29 is 19.2 Å². The minimum absolute atomic E-state index is 0.105. The molecule has 1 aliphatic carbocycles. The summed E-state index contributed by atoms with van der Waals surface area (Å²) in [6.45, 7) is 5.78. The molecule has 0 heterocycles. The number of ether oxygens (including phenoxy) is 1. The van der Waals surface area contributed by atoms with Gasteiger partial charge in [0.2, 0.25) is 0 Å². The Hall–Kier alpha value is -2.50. The number of hydrogen-bond acceptors (Lipinski definition) is 5. The van der Waals surface area contributed by atoms with E-state index >= 15 is 0 Å². The molecule has 0 aliphatic heterocycles. The number of hydrogen-bond donors (Lipinski definition) is 0. The summed E-state index contributed by atoms with van der Waals surface area (Å²) < 4.78 is 5.34. The molecule has 22 heavy (non-hydrogen) atoms. The van der Waals surface area contributed by atoms with Gasteiger partial charge in [0, 0.05) is 18.1 Å². The maximum absolute atomic E-state index is 12.1. The zero-order chi connectivity index (χ0) is 16.4. The second kappa shape index (κ2) is 6.09. The molecule has 0 saturated heterocycles. The largest absolute Gasteiger partial charge is 0.450 e. The molecule has 1 aromatic carbocycles. The van der Waals surface area contributed by atoms with E-state index in [4.69, 9.17) is 4.74 Å². The van der Waals surface area contributed by atoms with Gasteiger partial charge >= 0.3 is 5.97 Å². The SMILES string of the molecule is CC1=CC(=O)[C@H](OC(=O)c2ccc([N+](=O)[O-])cc2)[C@H]1C(C)C. The van der Waals surface area contributed by atoms with Crippen LogP contribution in [-0.2, 0) is 9.53 Å². The predicted octanol–water partition coefficient (Wildman–Crippen LogP) is 2.92. The minimum Gasteiger partial charge on any atom is -0.450 e. The van der Waals surface area contributed by atoms with Gasteiger partial charge in [0.15, 0.2) is 11.9 Å². The van der Waals surface area contributed by atoms with Gasteiger partial charge in [-0.3, -0.25) is 14.9 Å². The van der Waals surface area contributed by atoms with Crippen molar-refractivity contribution >= 4 is 17.4 Å². The third-order valence-electron chi connectivity index (χ3n) is 3.77. The number of nitrogens with zero attached hydrogens (tertiary/aromatic N) is 1. The third kappa shape index (κ3) is 3.05. The van der Waals surface area contributed by atoms with Crippen LogP contribution in [0.2, 0.25) is 0 Å². The van der Waals surface area contributed by atoms with E-state index in [-0.39, 0.29) is 28.9 Å². The number of benzene rings is 1. The van der Waals surface area contributed by atoms with Crippen LogP contribution in [0.15, 0.2) is 35.9 Å². The molecule has 0 unspecified atom stereocenters. The molecule has 6 nitrogen and oxygen atoms in total. The number of nitro groups is 1. The lowest BCUT2D eigenvalue weighted by Gasteiger charge is -2.24. The fourth-order valence-corrected chi connectivity index (χ4v) is 2.73. The maximum atomic E-state index is 12.1. The Morgan fingerprint density at radius 1 is 1.27 bits per heavy atom. The van der Waals surface area contributed by atoms with Crippen LogP contribution >= 0.6 is 0 Å². The number of non-ortho nitro benzene ring substituents is 1. The summed E-state index contributed by atoms with van der Waals surface area (Å²) in [6.07, 6.45) is 0.695. The van der Waals surface area contributed by atoms with E-state index in [1.807, 2.05) is 20.8 Å². The van der Waals surface area contributed by atoms with Crippen molar-refractivity contribution in [2.45, 2.75) is 26.9 Å². The van der Waals surface area contributed by atoms with E-state index in [1.165, 1.54) is 30.3 Å². The van der Waals surface area contributed by atoms with E-state index in [1.54, 1.807) is 0 Å². The molecule has 0 bridgehead atoms. The fraction of sp³-hybridized carbons (Fsp3) is 0.375. The van der Waals surface area contributed by atoms with E-state index in [9.17, 15) is 19.7 Å². The van der Waals surface area contributed by atoms with Gasteiger partial charge in [-0.1, -0.05) is 19.4 Å². The molecule has 0 fully saturated rings. The van der Waals surface area contributed by atoms with Crippen LogP contribution in [0.5, 0.6) is 0 Å². The number of carbonyl (C=O) groups excluding carboxylic acids is 2. The number of rotatable bonds is 4. The van der Waals surface area contributed by atoms with Crippen LogP contribution in [0.4, 0.5) is 5.69 Å². The Bertz CT molecular complexity index is 645. The van der Waals surface area contributed by atoms with Crippen LogP contribution in [-0.4, -0.2) is 22.8 Å². The predicted molar refractivity (Wildman–Crippen MR) is 79.4 cm³/mol. The summed E-state index contributed by atoms with van der Waals surface area (Å²) in [5.41, 5.74) is 0.984. The summed E-state index contributed by atoms with van der Waals surface area (Å²) >= 11 is 0. The third-order valence-corrected chi connectivity index (χ3v) is 3.77. The second-order valence-corrected chi connectivity index (χ2v) is 5.69. The molecule has 1 aromatic rings. The quantitative estimate of drug-likeness (QED) is 0.485. The van der Waals surface area contributed by atoms with Gasteiger partial charge in [-0.2, -0.15) is 0 Å². The van der Waals surface area contributed by atoms with Crippen LogP contribution in [0.3, 0.4) is 0 Å². The lowest BCUT2D eigenvalue weighted by molar-refractivity contribution is -0.384. The van der Waals surface area contributed by atoms with Gasteiger partial charge < -0.3 is 4.74 Å². The first-order valence-corrected chi connectivity index (χ1v) is 6.98. The number of esters is 1. The molecule has 0 spiro atoms. The van der Waals surface area contributed by atoms with Gasteiger partial charge in [-0.15, -0.1) is 0 Å². The monoisotopic (exact) mass is 303 g/mol. The molecule has 2 atom stereocenters. The lowest BCUT2D eigenvalue weighted by atomic mass is 9.88. The Morgan fingerprint density at radius 3 is 2.36 bits per heavy atom.